The van der Waals surface area contributed by atoms with E-state index in [1.807, 2.05) is 12.1 Å². The van der Waals surface area contributed by atoms with Crippen LogP contribution in [-0.4, -0.2) is 44.2 Å². The zero-order valence-electron chi connectivity index (χ0n) is 18.2. The number of amides is 1. The lowest BCUT2D eigenvalue weighted by molar-refractivity contribution is 0.100. The Kier molecular flexibility index (Phi) is 6.16. The van der Waals surface area contributed by atoms with Gasteiger partial charge in [-0.25, -0.2) is 13.4 Å². The Labute approximate surface area is 191 Å². The molecule has 0 saturated carbocycles. The Balaban J connectivity index is 1.72. The Morgan fingerprint density at radius 1 is 1.18 bits per heavy atom. The lowest BCUT2D eigenvalue weighted by Gasteiger charge is -2.21. The summed E-state index contributed by atoms with van der Waals surface area (Å²) < 4.78 is 29.3. The summed E-state index contributed by atoms with van der Waals surface area (Å²) in [5, 5.41) is 9.53. The van der Waals surface area contributed by atoms with Crippen molar-refractivity contribution in [3.05, 3.63) is 59.3 Å². The van der Waals surface area contributed by atoms with Crippen LogP contribution in [0.15, 0.2) is 47.5 Å². The summed E-state index contributed by atoms with van der Waals surface area (Å²) in [6, 6.07) is 10.3. The number of hydrogen-bond acceptors (Lipinski definition) is 9. The molecule has 1 amide bonds. The zero-order valence-corrected chi connectivity index (χ0v) is 19.0. The van der Waals surface area contributed by atoms with E-state index in [1.54, 1.807) is 6.07 Å². The summed E-state index contributed by atoms with van der Waals surface area (Å²) in [6.07, 6.45) is 3.27. The molecule has 4 rings (SSSR count). The van der Waals surface area contributed by atoms with Crippen LogP contribution in [0.4, 0.5) is 23.1 Å². The van der Waals surface area contributed by atoms with Crippen molar-refractivity contribution in [3.8, 4) is 5.75 Å². The SMILES string of the molecule is COc1ccc(S(C)(=O)=O)cc1Nc1ncc(C(N)=O)c(Nc2cccc3c2CCNC3)n1. The standard InChI is InChI=1S/C22H24N6O4S/c1-32-19-7-6-14(33(2,30)31)10-18(19)27-22-25-12-16(20(23)29)21(28-22)26-17-5-3-4-13-11-24-9-8-15(13)17/h3-7,10,12,24H,8-9,11H2,1-2H3,(H2,23,29)(H2,25,26,27,28). The van der Waals surface area contributed by atoms with Gasteiger partial charge < -0.3 is 26.4 Å². The molecule has 0 fully saturated rings. The molecule has 10 nitrogen and oxygen atoms in total. The molecule has 1 aliphatic rings. The Morgan fingerprint density at radius 2 is 2.00 bits per heavy atom. The van der Waals surface area contributed by atoms with Crippen molar-refractivity contribution >= 4 is 38.9 Å². The average Bonchev–Trinajstić information content (AvgIpc) is 2.78. The van der Waals surface area contributed by atoms with Gasteiger partial charge in [0.1, 0.15) is 17.1 Å². The molecular weight excluding hydrogens is 444 g/mol. The van der Waals surface area contributed by atoms with E-state index >= 15 is 0 Å². The highest BCUT2D eigenvalue weighted by Crippen LogP contribution is 2.31. The first-order chi connectivity index (χ1) is 15.8. The number of anilines is 4. The number of aromatic nitrogens is 2. The number of methoxy groups -OCH3 is 1. The monoisotopic (exact) mass is 468 g/mol. The van der Waals surface area contributed by atoms with Crippen LogP contribution in [0.2, 0.25) is 0 Å². The van der Waals surface area contributed by atoms with E-state index in [0.29, 0.717) is 11.4 Å². The summed E-state index contributed by atoms with van der Waals surface area (Å²) in [7, 11) is -1.96. The predicted molar refractivity (Wildman–Crippen MR) is 125 cm³/mol. The highest BCUT2D eigenvalue weighted by Gasteiger charge is 2.18. The molecule has 2 heterocycles. The fourth-order valence-corrected chi connectivity index (χ4v) is 4.28. The third kappa shape index (κ3) is 4.89. The first-order valence-corrected chi connectivity index (χ1v) is 12.1. The summed E-state index contributed by atoms with van der Waals surface area (Å²) in [5.74, 6) is 0.111. The Hall–Kier alpha value is -3.70. The van der Waals surface area contributed by atoms with Gasteiger partial charge in [-0.2, -0.15) is 4.98 Å². The number of sulfone groups is 1. The minimum Gasteiger partial charge on any atom is -0.495 e. The molecule has 0 atom stereocenters. The van der Waals surface area contributed by atoms with Gasteiger partial charge in [0.2, 0.25) is 5.95 Å². The van der Waals surface area contributed by atoms with E-state index < -0.39 is 15.7 Å². The smallest absolute Gasteiger partial charge is 0.254 e. The van der Waals surface area contributed by atoms with Crippen molar-refractivity contribution in [1.82, 2.24) is 15.3 Å². The van der Waals surface area contributed by atoms with E-state index in [2.05, 4.69) is 32.0 Å². The summed E-state index contributed by atoms with van der Waals surface area (Å²) >= 11 is 0. The number of nitrogens with one attached hydrogen (secondary N) is 3. The molecule has 172 valence electrons. The summed E-state index contributed by atoms with van der Waals surface area (Å²) in [5.41, 5.74) is 9.18. The van der Waals surface area contributed by atoms with Crippen molar-refractivity contribution in [2.75, 3.05) is 30.5 Å². The van der Waals surface area contributed by atoms with Crippen LogP contribution in [0.5, 0.6) is 5.75 Å². The first-order valence-electron chi connectivity index (χ1n) is 10.2. The number of rotatable bonds is 7. The van der Waals surface area contributed by atoms with Crippen molar-refractivity contribution in [3.63, 3.8) is 0 Å². The Morgan fingerprint density at radius 3 is 2.73 bits per heavy atom. The number of carbonyl (C=O) groups is 1. The van der Waals surface area contributed by atoms with Gasteiger partial charge in [-0.1, -0.05) is 12.1 Å². The quantitative estimate of drug-likeness (QED) is 0.409. The van der Waals surface area contributed by atoms with Crippen molar-refractivity contribution < 1.29 is 17.9 Å². The third-order valence-electron chi connectivity index (χ3n) is 5.29. The lowest BCUT2D eigenvalue weighted by atomic mass is 9.99. The van der Waals surface area contributed by atoms with Gasteiger partial charge >= 0.3 is 0 Å². The summed E-state index contributed by atoms with van der Waals surface area (Å²) in [6.45, 7) is 1.61. The number of hydrogen-bond donors (Lipinski definition) is 4. The van der Waals surface area contributed by atoms with Gasteiger partial charge in [0.25, 0.3) is 5.91 Å². The third-order valence-corrected chi connectivity index (χ3v) is 6.40. The van der Waals surface area contributed by atoms with E-state index in [4.69, 9.17) is 10.5 Å². The average molecular weight is 469 g/mol. The largest absolute Gasteiger partial charge is 0.495 e. The number of ether oxygens (including phenoxy) is 1. The van der Waals surface area contributed by atoms with Gasteiger partial charge in [0, 0.05) is 24.7 Å². The van der Waals surface area contributed by atoms with Crippen molar-refractivity contribution in [2.24, 2.45) is 5.73 Å². The van der Waals surface area contributed by atoms with Crippen LogP contribution in [0.1, 0.15) is 21.5 Å². The molecule has 0 bridgehead atoms. The number of nitrogens with zero attached hydrogens (tertiary/aromatic N) is 2. The van der Waals surface area contributed by atoms with Crippen LogP contribution < -0.4 is 26.4 Å². The van der Waals surface area contributed by atoms with Crippen LogP contribution in [0, 0.1) is 0 Å². The first kappa shape index (κ1) is 22.5. The maximum atomic E-state index is 12.0. The molecule has 11 heteroatoms. The second kappa shape index (κ2) is 9.04. The highest BCUT2D eigenvalue weighted by molar-refractivity contribution is 7.90. The second-order valence-corrected chi connectivity index (χ2v) is 9.59. The van der Waals surface area contributed by atoms with Crippen LogP contribution in [0.3, 0.4) is 0 Å². The zero-order chi connectivity index (χ0) is 23.6. The normalized spacial score (nSPS) is 13.2. The van der Waals surface area contributed by atoms with E-state index in [0.717, 1.165) is 37.0 Å². The minimum atomic E-state index is -3.43. The molecule has 0 unspecified atom stereocenters. The van der Waals surface area contributed by atoms with Crippen molar-refractivity contribution in [2.45, 2.75) is 17.9 Å². The molecule has 3 aromatic rings. The second-order valence-electron chi connectivity index (χ2n) is 7.57. The molecule has 1 aromatic heterocycles. The maximum absolute atomic E-state index is 12.0. The molecule has 0 saturated heterocycles. The molecule has 1 aliphatic heterocycles. The van der Waals surface area contributed by atoms with Gasteiger partial charge in [0.15, 0.2) is 9.84 Å². The predicted octanol–water partition coefficient (Wildman–Crippen LogP) is 2.12. The van der Waals surface area contributed by atoms with Gasteiger partial charge in [0.05, 0.1) is 17.7 Å². The number of carbonyl (C=O) groups excluding carboxylic acids is 1. The molecule has 2 aromatic carbocycles. The lowest BCUT2D eigenvalue weighted by Crippen LogP contribution is -2.24. The van der Waals surface area contributed by atoms with Crippen LogP contribution in [0.25, 0.3) is 0 Å². The Bertz CT molecular complexity index is 1330. The van der Waals surface area contributed by atoms with E-state index in [-0.39, 0.29) is 22.2 Å². The number of fused-ring (bicyclic) bond motifs is 1. The number of nitrogens with two attached hydrogens (primary N) is 1. The number of benzene rings is 2. The van der Waals surface area contributed by atoms with Gasteiger partial charge in [-0.3, -0.25) is 4.79 Å². The van der Waals surface area contributed by atoms with Crippen LogP contribution >= 0.6 is 0 Å². The number of primary amides is 1. The molecule has 0 aliphatic carbocycles. The van der Waals surface area contributed by atoms with Gasteiger partial charge in [-0.05, 0) is 48.4 Å². The fourth-order valence-electron chi connectivity index (χ4n) is 3.63. The van der Waals surface area contributed by atoms with E-state index in [9.17, 15) is 13.2 Å². The summed E-state index contributed by atoms with van der Waals surface area (Å²) in [4.78, 5) is 20.7. The topological polar surface area (TPSA) is 148 Å². The van der Waals surface area contributed by atoms with Crippen molar-refractivity contribution in [1.29, 1.82) is 0 Å². The maximum Gasteiger partial charge on any atom is 0.254 e. The van der Waals surface area contributed by atoms with Gasteiger partial charge in [-0.15, -0.1) is 0 Å². The van der Waals surface area contributed by atoms with Crippen LogP contribution in [-0.2, 0) is 22.8 Å². The van der Waals surface area contributed by atoms with E-state index in [1.165, 1.54) is 31.0 Å². The molecule has 0 spiro atoms. The molecule has 0 radical (unpaired) electrons. The minimum absolute atomic E-state index is 0.113. The molecule has 33 heavy (non-hydrogen) atoms. The molecule has 5 N–H and O–H groups in total. The highest BCUT2D eigenvalue weighted by atomic mass is 32.2. The fraction of sp³-hybridized carbons (Fsp3) is 0.227. The molecular formula is C22H24N6O4S.